The van der Waals surface area contributed by atoms with Crippen LogP contribution in [0, 0.1) is 5.82 Å². The van der Waals surface area contributed by atoms with Crippen LogP contribution in [0.1, 0.15) is 34.3 Å². The lowest BCUT2D eigenvalue weighted by atomic mass is 9.74. The maximum Gasteiger partial charge on any atom is 0.251 e. The smallest absolute Gasteiger partial charge is 0.251 e. The summed E-state index contributed by atoms with van der Waals surface area (Å²) in [6.07, 6.45) is 2.62. The van der Waals surface area contributed by atoms with Gasteiger partial charge in [0.1, 0.15) is 5.82 Å². The number of rotatable bonds is 6. The highest BCUT2D eigenvalue weighted by Crippen LogP contribution is 2.34. The van der Waals surface area contributed by atoms with E-state index < -0.39 is 9.84 Å². The molecule has 0 unspecified atom stereocenters. The van der Waals surface area contributed by atoms with Crippen molar-refractivity contribution in [1.29, 1.82) is 0 Å². The van der Waals surface area contributed by atoms with E-state index >= 15 is 0 Å². The second-order valence-electron chi connectivity index (χ2n) is 7.35. The number of benzene rings is 2. The van der Waals surface area contributed by atoms with Crippen LogP contribution in [-0.2, 0) is 25.7 Å². The van der Waals surface area contributed by atoms with Crippen molar-refractivity contribution in [2.45, 2.75) is 24.0 Å². The number of hydrogen-bond donors (Lipinski definition) is 1. The molecule has 1 heterocycles. The van der Waals surface area contributed by atoms with Crippen molar-refractivity contribution in [3.8, 4) is 0 Å². The Morgan fingerprint density at radius 3 is 2.46 bits per heavy atom. The van der Waals surface area contributed by atoms with Crippen LogP contribution >= 0.6 is 0 Å². The highest BCUT2D eigenvalue weighted by Gasteiger charge is 2.35. The SMILES string of the molecule is CS(=O)(=O)Cc1cccc(C(=O)NCC2(c3ccc(F)cc3)CCOCC2)c1. The van der Waals surface area contributed by atoms with Gasteiger partial charge in [0.05, 0.1) is 5.75 Å². The number of ether oxygens (including phenoxy) is 1. The number of sulfone groups is 1. The lowest BCUT2D eigenvalue weighted by molar-refractivity contribution is 0.0487. The summed E-state index contributed by atoms with van der Waals surface area (Å²) in [5, 5.41) is 2.97. The quantitative estimate of drug-likeness (QED) is 0.802. The molecule has 1 aliphatic rings. The van der Waals surface area contributed by atoms with E-state index in [0.29, 0.717) is 30.9 Å². The molecule has 0 saturated carbocycles. The first-order valence-electron chi connectivity index (χ1n) is 9.16. The standard InChI is InChI=1S/C21H24FNO4S/c1-28(25,26)14-16-3-2-4-17(13-16)20(24)23-15-21(9-11-27-12-10-21)18-5-7-19(22)8-6-18/h2-8,13H,9-12,14-15H2,1H3,(H,23,24). The van der Waals surface area contributed by atoms with Crippen LogP contribution < -0.4 is 5.32 Å². The predicted octanol–water partition coefficient (Wildman–Crippen LogP) is 2.85. The average molecular weight is 405 g/mol. The second-order valence-corrected chi connectivity index (χ2v) is 9.49. The number of halogens is 1. The molecule has 0 radical (unpaired) electrons. The molecule has 0 atom stereocenters. The molecular weight excluding hydrogens is 381 g/mol. The number of carbonyl (C=O) groups is 1. The molecule has 28 heavy (non-hydrogen) atoms. The number of amides is 1. The van der Waals surface area contributed by atoms with E-state index in [-0.39, 0.29) is 22.9 Å². The first-order chi connectivity index (χ1) is 13.3. The molecule has 1 saturated heterocycles. The number of nitrogens with one attached hydrogen (secondary N) is 1. The van der Waals surface area contributed by atoms with Crippen molar-refractivity contribution in [1.82, 2.24) is 5.32 Å². The van der Waals surface area contributed by atoms with Gasteiger partial charge in [-0.05, 0) is 48.2 Å². The monoisotopic (exact) mass is 405 g/mol. The van der Waals surface area contributed by atoms with Gasteiger partial charge in [0.15, 0.2) is 9.84 Å². The molecule has 1 N–H and O–H groups in total. The summed E-state index contributed by atoms with van der Waals surface area (Å²) in [6.45, 7) is 1.56. The summed E-state index contributed by atoms with van der Waals surface area (Å²) < 4.78 is 41.8. The largest absolute Gasteiger partial charge is 0.381 e. The van der Waals surface area contributed by atoms with Crippen molar-refractivity contribution in [2.24, 2.45) is 0 Å². The van der Waals surface area contributed by atoms with Crippen LogP contribution in [0.5, 0.6) is 0 Å². The van der Waals surface area contributed by atoms with Crippen molar-refractivity contribution in [2.75, 3.05) is 26.0 Å². The van der Waals surface area contributed by atoms with E-state index in [0.717, 1.165) is 24.7 Å². The number of carbonyl (C=O) groups excluding carboxylic acids is 1. The minimum atomic E-state index is -3.17. The average Bonchev–Trinajstić information content (AvgIpc) is 2.66. The summed E-state index contributed by atoms with van der Waals surface area (Å²) in [5.41, 5.74) is 1.66. The summed E-state index contributed by atoms with van der Waals surface area (Å²) in [4.78, 5) is 12.7. The molecule has 0 aromatic heterocycles. The van der Waals surface area contributed by atoms with Crippen molar-refractivity contribution < 1.29 is 22.3 Å². The summed E-state index contributed by atoms with van der Waals surface area (Å²) >= 11 is 0. The van der Waals surface area contributed by atoms with Gasteiger partial charge in [0.25, 0.3) is 5.91 Å². The Bertz CT molecular complexity index is 935. The topological polar surface area (TPSA) is 72.5 Å². The van der Waals surface area contributed by atoms with Gasteiger partial charge in [-0.3, -0.25) is 4.79 Å². The van der Waals surface area contributed by atoms with Crippen LogP contribution in [0.25, 0.3) is 0 Å². The third-order valence-electron chi connectivity index (χ3n) is 5.11. The fourth-order valence-corrected chi connectivity index (χ4v) is 4.37. The predicted molar refractivity (Wildman–Crippen MR) is 105 cm³/mol. The van der Waals surface area contributed by atoms with Gasteiger partial charge in [-0.2, -0.15) is 0 Å². The Hall–Kier alpha value is -2.25. The van der Waals surface area contributed by atoms with Gasteiger partial charge >= 0.3 is 0 Å². The van der Waals surface area contributed by atoms with Gasteiger partial charge in [-0.1, -0.05) is 24.3 Å². The van der Waals surface area contributed by atoms with E-state index in [1.807, 2.05) is 0 Å². The molecule has 5 nitrogen and oxygen atoms in total. The zero-order valence-electron chi connectivity index (χ0n) is 15.8. The van der Waals surface area contributed by atoms with Crippen LogP contribution in [0.2, 0.25) is 0 Å². The fraction of sp³-hybridized carbons (Fsp3) is 0.381. The maximum absolute atomic E-state index is 13.3. The van der Waals surface area contributed by atoms with E-state index in [1.54, 1.807) is 36.4 Å². The maximum atomic E-state index is 13.3. The van der Waals surface area contributed by atoms with Gasteiger partial charge < -0.3 is 10.1 Å². The van der Waals surface area contributed by atoms with Gasteiger partial charge in [0, 0.05) is 37.0 Å². The zero-order valence-corrected chi connectivity index (χ0v) is 16.6. The van der Waals surface area contributed by atoms with Crippen LogP contribution in [-0.4, -0.2) is 40.3 Å². The molecule has 3 rings (SSSR count). The van der Waals surface area contributed by atoms with Crippen molar-refractivity contribution >= 4 is 15.7 Å². The third kappa shape index (κ3) is 5.17. The Kier molecular flexibility index (Phi) is 6.15. The van der Waals surface area contributed by atoms with E-state index in [4.69, 9.17) is 4.74 Å². The van der Waals surface area contributed by atoms with Gasteiger partial charge in [-0.25, -0.2) is 12.8 Å². The molecule has 7 heteroatoms. The minimum Gasteiger partial charge on any atom is -0.381 e. The normalized spacial score (nSPS) is 16.5. The molecule has 2 aromatic rings. The zero-order chi connectivity index (χ0) is 20.2. The van der Waals surface area contributed by atoms with E-state index in [1.165, 1.54) is 12.1 Å². The summed E-state index contributed by atoms with van der Waals surface area (Å²) in [6, 6.07) is 13.0. The first-order valence-corrected chi connectivity index (χ1v) is 11.2. The fourth-order valence-electron chi connectivity index (χ4n) is 3.59. The Balaban J connectivity index is 1.75. The van der Waals surface area contributed by atoms with Gasteiger partial charge in [0.2, 0.25) is 0 Å². The molecule has 0 bridgehead atoms. The Morgan fingerprint density at radius 1 is 1.14 bits per heavy atom. The highest BCUT2D eigenvalue weighted by atomic mass is 32.2. The lowest BCUT2D eigenvalue weighted by Gasteiger charge is -2.38. The molecule has 0 spiro atoms. The second kappa shape index (κ2) is 8.41. The van der Waals surface area contributed by atoms with E-state index in [9.17, 15) is 17.6 Å². The highest BCUT2D eigenvalue weighted by molar-refractivity contribution is 7.89. The molecular formula is C21H24FNO4S. The molecule has 150 valence electrons. The van der Waals surface area contributed by atoms with Crippen LogP contribution in [0.15, 0.2) is 48.5 Å². The summed E-state index contributed by atoms with van der Waals surface area (Å²) in [5.74, 6) is -0.661. The van der Waals surface area contributed by atoms with Crippen LogP contribution in [0.3, 0.4) is 0 Å². The minimum absolute atomic E-state index is 0.106. The molecule has 1 aliphatic heterocycles. The molecule has 1 amide bonds. The molecule has 2 aromatic carbocycles. The van der Waals surface area contributed by atoms with Gasteiger partial charge in [-0.15, -0.1) is 0 Å². The third-order valence-corrected chi connectivity index (χ3v) is 5.97. The summed E-state index contributed by atoms with van der Waals surface area (Å²) in [7, 11) is -3.17. The lowest BCUT2D eigenvalue weighted by Crippen LogP contribution is -2.44. The van der Waals surface area contributed by atoms with E-state index in [2.05, 4.69) is 5.32 Å². The molecule has 0 aliphatic carbocycles. The van der Waals surface area contributed by atoms with Crippen LogP contribution in [0.4, 0.5) is 4.39 Å². The number of hydrogen-bond acceptors (Lipinski definition) is 4. The Morgan fingerprint density at radius 2 is 1.82 bits per heavy atom. The van der Waals surface area contributed by atoms with Crippen molar-refractivity contribution in [3.05, 3.63) is 71.0 Å². The Labute approximate surface area is 164 Å². The first kappa shape index (κ1) is 20.5. The molecule has 1 fully saturated rings. The van der Waals surface area contributed by atoms with Crippen molar-refractivity contribution in [3.63, 3.8) is 0 Å².